The minimum Gasteiger partial charge on any atom is -0.374 e. The van der Waals surface area contributed by atoms with E-state index in [9.17, 15) is 5.11 Å². The topological polar surface area (TPSA) is 66.4 Å². The Morgan fingerprint density at radius 1 is 0.475 bits per heavy atom. The third-order valence-corrected chi connectivity index (χ3v) is 6.86. The van der Waals surface area contributed by atoms with Crippen LogP contribution in [0.2, 0.25) is 0 Å². The molecule has 0 spiro atoms. The van der Waals surface area contributed by atoms with E-state index in [2.05, 4.69) is 0 Å². The molecule has 2 unspecified atom stereocenters. The van der Waals surface area contributed by atoms with E-state index >= 15 is 0 Å². The largest absolute Gasteiger partial charge is 0.374 e. The fourth-order valence-corrected chi connectivity index (χ4v) is 4.77. The van der Waals surface area contributed by atoms with Gasteiger partial charge in [0, 0.05) is 0 Å². The summed E-state index contributed by atoms with van der Waals surface area (Å²) in [6.45, 7) is 1.65. The summed E-state index contributed by atoms with van der Waals surface area (Å²) in [5, 5.41) is 11.2. The molecule has 5 atom stereocenters. The van der Waals surface area contributed by atoms with Crippen LogP contribution in [0.25, 0.3) is 0 Å². The van der Waals surface area contributed by atoms with Crippen molar-refractivity contribution in [2.45, 2.75) is 57.1 Å². The van der Waals surface area contributed by atoms with E-state index in [4.69, 9.17) is 23.7 Å². The Balaban J connectivity index is 1.36. The van der Waals surface area contributed by atoms with Crippen LogP contribution < -0.4 is 0 Å². The van der Waals surface area contributed by atoms with Crippen LogP contribution in [0.1, 0.15) is 22.3 Å². The van der Waals surface area contributed by atoms with Gasteiger partial charge >= 0.3 is 0 Å². The predicted molar refractivity (Wildman–Crippen MR) is 152 cm³/mol. The molecule has 0 saturated carbocycles. The molecule has 0 amide bonds. The van der Waals surface area contributed by atoms with Crippen molar-refractivity contribution in [1.29, 1.82) is 0 Å². The molecule has 5 rings (SSSR count). The number of rotatable bonds is 13. The van der Waals surface area contributed by atoms with Gasteiger partial charge in [-0.1, -0.05) is 121 Å². The fourth-order valence-electron chi connectivity index (χ4n) is 4.77. The highest BCUT2D eigenvalue weighted by molar-refractivity contribution is 5.16. The summed E-state index contributed by atoms with van der Waals surface area (Å²) in [6, 6.07) is 39.7. The van der Waals surface area contributed by atoms with E-state index in [1.54, 1.807) is 0 Å². The molecule has 1 aliphatic rings. The second kappa shape index (κ2) is 14.9. The average Bonchev–Trinajstić information content (AvgIpc) is 3.01. The van der Waals surface area contributed by atoms with Gasteiger partial charge in [0.2, 0.25) is 0 Å². The van der Waals surface area contributed by atoms with Crippen molar-refractivity contribution >= 4 is 0 Å². The van der Waals surface area contributed by atoms with Gasteiger partial charge in [-0.15, -0.1) is 0 Å². The first-order valence-electron chi connectivity index (χ1n) is 13.7. The minimum absolute atomic E-state index is 0.224. The molecule has 1 fully saturated rings. The van der Waals surface area contributed by atoms with E-state index in [1.165, 1.54) is 0 Å². The van der Waals surface area contributed by atoms with E-state index < -0.39 is 30.7 Å². The van der Waals surface area contributed by atoms with Crippen LogP contribution in [0.4, 0.5) is 0 Å². The van der Waals surface area contributed by atoms with Gasteiger partial charge in [-0.05, 0) is 22.3 Å². The summed E-state index contributed by atoms with van der Waals surface area (Å²) in [4.78, 5) is 0. The predicted octanol–water partition coefficient (Wildman–Crippen LogP) is 5.68. The van der Waals surface area contributed by atoms with Gasteiger partial charge in [-0.25, -0.2) is 0 Å². The molecule has 6 heteroatoms. The number of aliphatic hydroxyl groups is 1. The van der Waals surface area contributed by atoms with Crippen molar-refractivity contribution in [3.8, 4) is 0 Å². The molecule has 40 heavy (non-hydrogen) atoms. The highest BCUT2D eigenvalue weighted by atomic mass is 16.7. The van der Waals surface area contributed by atoms with Crippen molar-refractivity contribution in [1.82, 2.24) is 0 Å². The Labute approximate surface area is 236 Å². The van der Waals surface area contributed by atoms with Crippen molar-refractivity contribution in [3.05, 3.63) is 144 Å². The quantitative estimate of drug-likeness (QED) is 0.236. The molecule has 208 valence electrons. The monoisotopic (exact) mass is 540 g/mol. The Morgan fingerprint density at radius 3 is 1.30 bits per heavy atom. The highest BCUT2D eigenvalue weighted by Gasteiger charge is 2.48. The Bertz CT molecular complexity index is 1240. The molecule has 1 aliphatic heterocycles. The number of aliphatic hydroxyl groups excluding tert-OH is 1. The maximum atomic E-state index is 11.2. The molecular formula is C34H36O6. The Kier molecular flexibility index (Phi) is 10.5. The van der Waals surface area contributed by atoms with E-state index in [0.717, 1.165) is 22.3 Å². The molecule has 0 aliphatic carbocycles. The smallest absolute Gasteiger partial charge is 0.184 e. The van der Waals surface area contributed by atoms with Crippen molar-refractivity contribution < 1.29 is 28.8 Å². The summed E-state index contributed by atoms with van der Waals surface area (Å²) in [7, 11) is 0. The zero-order chi connectivity index (χ0) is 27.4. The number of hydrogen-bond acceptors (Lipinski definition) is 6. The van der Waals surface area contributed by atoms with Crippen molar-refractivity contribution in [2.24, 2.45) is 0 Å². The molecular weight excluding hydrogens is 504 g/mol. The highest BCUT2D eigenvalue weighted by Crippen LogP contribution is 2.30. The minimum atomic E-state index is -1.22. The summed E-state index contributed by atoms with van der Waals surface area (Å²) in [5.74, 6) is 0. The lowest BCUT2D eigenvalue weighted by atomic mass is 9.98. The second-order valence-corrected chi connectivity index (χ2v) is 9.85. The van der Waals surface area contributed by atoms with Crippen LogP contribution >= 0.6 is 0 Å². The number of ether oxygens (including phenoxy) is 5. The van der Waals surface area contributed by atoms with Crippen LogP contribution in [0.5, 0.6) is 0 Å². The van der Waals surface area contributed by atoms with Gasteiger partial charge in [-0.3, -0.25) is 0 Å². The molecule has 0 aromatic heterocycles. The van der Waals surface area contributed by atoms with E-state index in [0.29, 0.717) is 26.4 Å². The first kappa shape index (κ1) is 28.2. The third kappa shape index (κ3) is 8.08. The maximum Gasteiger partial charge on any atom is 0.184 e. The molecule has 6 nitrogen and oxygen atoms in total. The maximum absolute atomic E-state index is 11.2. The lowest BCUT2D eigenvalue weighted by Crippen LogP contribution is -2.61. The lowest BCUT2D eigenvalue weighted by molar-refractivity contribution is -0.317. The van der Waals surface area contributed by atoms with Crippen molar-refractivity contribution in [2.75, 3.05) is 6.61 Å². The molecule has 1 N–H and O–H groups in total. The van der Waals surface area contributed by atoms with Crippen LogP contribution in [0.3, 0.4) is 0 Å². The zero-order valence-electron chi connectivity index (χ0n) is 22.5. The number of benzene rings is 4. The van der Waals surface area contributed by atoms with Gasteiger partial charge in [-0.2, -0.15) is 0 Å². The van der Waals surface area contributed by atoms with Gasteiger partial charge < -0.3 is 28.8 Å². The Morgan fingerprint density at radius 2 is 0.850 bits per heavy atom. The summed E-state index contributed by atoms with van der Waals surface area (Å²) in [6.07, 6.45) is -3.72. The summed E-state index contributed by atoms with van der Waals surface area (Å²) in [5.41, 5.74) is 4.10. The van der Waals surface area contributed by atoms with Gasteiger partial charge in [0.25, 0.3) is 0 Å². The molecule has 4 aromatic carbocycles. The van der Waals surface area contributed by atoms with Gasteiger partial charge in [0.05, 0.1) is 33.0 Å². The van der Waals surface area contributed by atoms with Crippen LogP contribution in [0, 0.1) is 0 Å². The molecule has 1 saturated heterocycles. The molecule has 1 heterocycles. The second-order valence-electron chi connectivity index (χ2n) is 9.85. The zero-order valence-corrected chi connectivity index (χ0v) is 22.5. The van der Waals surface area contributed by atoms with Crippen LogP contribution in [-0.4, -0.2) is 42.4 Å². The fraction of sp³-hybridized carbons (Fsp3) is 0.294. The first-order chi connectivity index (χ1) is 19.8. The number of hydrogen-bond donors (Lipinski definition) is 1. The molecule has 0 bridgehead atoms. The Hall–Kier alpha value is -3.36. The SMILES string of the molecule is OC1O[C@H](COCc2ccccc2)C(OCc2ccccc2)[C@H](OCc2ccccc2)[C@@H]1OCc1ccccc1. The van der Waals surface area contributed by atoms with E-state index in [-0.39, 0.29) is 6.61 Å². The molecule has 0 radical (unpaired) electrons. The van der Waals surface area contributed by atoms with Gasteiger partial charge in [0.15, 0.2) is 6.29 Å². The average molecular weight is 541 g/mol. The van der Waals surface area contributed by atoms with Crippen LogP contribution in [-0.2, 0) is 50.1 Å². The van der Waals surface area contributed by atoms with Crippen LogP contribution in [0.15, 0.2) is 121 Å². The standard InChI is InChI=1S/C34H36O6/c35-34-33(39-24-29-19-11-4-12-20-29)32(38-23-28-17-9-3-10-18-28)31(37-22-27-15-7-2-8-16-27)30(40-34)25-36-21-26-13-5-1-6-14-26/h1-20,30-35H,21-25H2/t30-,31?,32+,33+,34?/m1/s1. The van der Waals surface area contributed by atoms with Crippen molar-refractivity contribution in [3.63, 3.8) is 0 Å². The first-order valence-corrected chi connectivity index (χ1v) is 13.7. The summed E-state index contributed by atoms with van der Waals surface area (Å²) < 4.78 is 31.4. The normalized spacial score (nSPS) is 22.7. The van der Waals surface area contributed by atoms with Gasteiger partial charge in [0.1, 0.15) is 24.4 Å². The molecule has 4 aromatic rings. The third-order valence-electron chi connectivity index (χ3n) is 6.86. The lowest BCUT2D eigenvalue weighted by Gasteiger charge is -2.44. The van der Waals surface area contributed by atoms with E-state index in [1.807, 2.05) is 121 Å². The summed E-state index contributed by atoms with van der Waals surface area (Å²) >= 11 is 0.